The van der Waals surface area contributed by atoms with E-state index in [0.29, 0.717) is 30.2 Å². The molecule has 1 heterocycles. The van der Waals surface area contributed by atoms with Crippen LogP contribution in [0.2, 0.25) is 0 Å². The van der Waals surface area contributed by atoms with Gasteiger partial charge in [0.1, 0.15) is 11.6 Å². The third-order valence-corrected chi connectivity index (χ3v) is 5.06. The molecule has 28 heavy (non-hydrogen) atoms. The third kappa shape index (κ3) is 5.16. The van der Waals surface area contributed by atoms with E-state index in [1.807, 2.05) is 31.2 Å². The van der Waals surface area contributed by atoms with Gasteiger partial charge in [-0.25, -0.2) is 4.39 Å². The Labute approximate surface area is 164 Å². The van der Waals surface area contributed by atoms with Gasteiger partial charge >= 0.3 is 0 Å². The molecular formula is C22H26FN2O3+. The van der Waals surface area contributed by atoms with E-state index < -0.39 is 0 Å². The number of piperidine rings is 1. The SMILES string of the molecule is CCOc1ccccc1NC(=O)C[NH+]1CCC(C(=O)c2ccc(F)cc2)CC1. The van der Waals surface area contributed by atoms with Crippen LogP contribution in [0.1, 0.15) is 30.1 Å². The van der Waals surface area contributed by atoms with E-state index in [4.69, 9.17) is 4.74 Å². The lowest BCUT2D eigenvalue weighted by Crippen LogP contribution is -3.14. The molecule has 0 atom stereocenters. The molecule has 1 aliphatic rings. The minimum absolute atomic E-state index is 0.0593. The average Bonchev–Trinajstić information content (AvgIpc) is 2.70. The maximum atomic E-state index is 13.0. The number of halogens is 1. The largest absolute Gasteiger partial charge is 0.492 e. The van der Waals surface area contributed by atoms with Crippen molar-refractivity contribution in [3.8, 4) is 5.75 Å². The first kappa shape index (κ1) is 20.0. The van der Waals surface area contributed by atoms with Crippen molar-refractivity contribution < 1.29 is 23.6 Å². The van der Waals surface area contributed by atoms with E-state index in [-0.39, 0.29) is 23.4 Å². The summed E-state index contributed by atoms with van der Waals surface area (Å²) in [7, 11) is 0. The Hall–Kier alpha value is -2.73. The Balaban J connectivity index is 1.49. The van der Waals surface area contributed by atoms with Crippen LogP contribution < -0.4 is 15.0 Å². The van der Waals surface area contributed by atoms with E-state index in [0.717, 1.165) is 30.8 Å². The summed E-state index contributed by atoms with van der Waals surface area (Å²) in [5.41, 5.74) is 1.23. The molecular weight excluding hydrogens is 359 g/mol. The molecule has 2 aromatic rings. The minimum Gasteiger partial charge on any atom is -0.492 e. The summed E-state index contributed by atoms with van der Waals surface area (Å²) in [4.78, 5) is 26.1. The highest BCUT2D eigenvalue weighted by Crippen LogP contribution is 2.23. The van der Waals surface area contributed by atoms with Crippen molar-refractivity contribution >= 4 is 17.4 Å². The molecule has 0 aromatic heterocycles. The van der Waals surface area contributed by atoms with Crippen LogP contribution in [0.25, 0.3) is 0 Å². The number of amides is 1. The number of likely N-dealkylation sites (tertiary alicyclic amines) is 1. The number of rotatable bonds is 7. The first-order valence-electron chi connectivity index (χ1n) is 9.72. The van der Waals surface area contributed by atoms with Gasteiger partial charge in [0.25, 0.3) is 5.91 Å². The Morgan fingerprint density at radius 2 is 1.79 bits per heavy atom. The zero-order valence-electron chi connectivity index (χ0n) is 16.0. The van der Waals surface area contributed by atoms with Crippen molar-refractivity contribution in [3.63, 3.8) is 0 Å². The Morgan fingerprint density at radius 3 is 2.46 bits per heavy atom. The predicted octanol–water partition coefficient (Wildman–Crippen LogP) is 2.34. The summed E-state index contributed by atoms with van der Waals surface area (Å²) >= 11 is 0. The number of quaternary nitrogens is 1. The molecule has 0 unspecified atom stereocenters. The van der Waals surface area contributed by atoms with Crippen molar-refractivity contribution in [1.82, 2.24) is 0 Å². The molecule has 5 nitrogen and oxygen atoms in total. The van der Waals surface area contributed by atoms with Gasteiger partial charge in [0, 0.05) is 24.3 Å². The molecule has 1 fully saturated rings. The normalized spacial score (nSPS) is 19.1. The lowest BCUT2D eigenvalue weighted by molar-refractivity contribution is -0.897. The maximum Gasteiger partial charge on any atom is 0.279 e. The highest BCUT2D eigenvalue weighted by molar-refractivity contribution is 5.97. The van der Waals surface area contributed by atoms with Crippen LogP contribution in [-0.4, -0.2) is 37.9 Å². The van der Waals surface area contributed by atoms with Gasteiger partial charge in [-0.2, -0.15) is 0 Å². The molecule has 0 saturated carbocycles. The Morgan fingerprint density at radius 1 is 1.11 bits per heavy atom. The van der Waals surface area contributed by atoms with Gasteiger partial charge in [0.15, 0.2) is 12.3 Å². The number of nitrogens with one attached hydrogen (secondary N) is 2. The monoisotopic (exact) mass is 385 g/mol. The van der Waals surface area contributed by atoms with E-state index in [2.05, 4.69) is 5.32 Å². The van der Waals surface area contributed by atoms with Crippen molar-refractivity contribution in [2.75, 3.05) is 31.6 Å². The van der Waals surface area contributed by atoms with Crippen molar-refractivity contribution in [1.29, 1.82) is 0 Å². The number of ketones is 1. The standard InChI is InChI=1S/C22H25FN2O3/c1-2-28-20-6-4-3-5-19(20)24-21(26)15-25-13-11-17(12-14-25)22(27)16-7-9-18(23)10-8-16/h3-10,17H,2,11-15H2,1H3,(H,24,26)/p+1. The number of Topliss-reactive ketones (excluding diaryl/α,β-unsaturated/α-hetero) is 1. The van der Waals surface area contributed by atoms with Gasteiger partial charge in [-0.1, -0.05) is 12.1 Å². The van der Waals surface area contributed by atoms with E-state index >= 15 is 0 Å². The zero-order valence-corrected chi connectivity index (χ0v) is 16.0. The van der Waals surface area contributed by atoms with E-state index in [1.165, 1.54) is 12.1 Å². The Kier molecular flexibility index (Phi) is 6.76. The van der Waals surface area contributed by atoms with Gasteiger partial charge < -0.3 is 15.0 Å². The molecule has 6 heteroatoms. The van der Waals surface area contributed by atoms with Gasteiger partial charge in [-0.3, -0.25) is 9.59 Å². The quantitative estimate of drug-likeness (QED) is 0.720. The first-order chi connectivity index (χ1) is 13.6. The number of para-hydroxylation sites is 2. The van der Waals surface area contributed by atoms with Crippen LogP contribution in [0.4, 0.5) is 10.1 Å². The van der Waals surface area contributed by atoms with Crippen LogP contribution in [0.3, 0.4) is 0 Å². The zero-order chi connectivity index (χ0) is 19.9. The highest BCUT2D eigenvalue weighted by Gasteiger charge is 2.29. The number of benzene rings is 2. The lowest BCUT2D eigenvalue weighted by Gasteiger charge is -2.28. The van der Waals surface area contributed by atoms with E-state index in [1.54, 1.807) is 12.1 Å². The number of carbonyl (C=O) groups excluding carboxylic acids is 2. The van der Waals surface area contributed by atoms with Crippen LogP contribution in [-0.2, 0) is 4.79 Å². The fraction of sp³-hybridized carbons (Fsp3) is 0.364. The van der Waals surface area contributed by atoms with Gasteiger partial charge in [-0.15, -0.1) is 0 Å². The molecule has 1 amide bonds. The minimum atomic E-state index is -0.340. The molecule has 1 aliphatic heterocycles. The summed E-state index contributed by atoms with van der Waals surface area (Å²) in [6, 6.07) is 13.1. The van der Waals surface area contributed by atoms with Crippen molar-refractivity contribution in [3.05, 3.63) is 59.9 Å². The summed E-state index contributed by atoms with van der Waals surface area (Å²) in [6.45, 7) is 4.32. The van der Waals surface area contributed by atoms with Gasteiger partial charge in [-0.05, 0) is 43.3 Å². The first-order valence-corrected chi connectivity index (χ1v) is 9.72. The average molecular weight is 385 g/mol. The second kappa shape index (κ2) is 9.46. The predicted molar refractivity (Wildman–Crippen MR) is 105 cm³/mol. The summed E-state index contributed by atoms with van der Waals surface area (Å²) in [6.07, 6.45) is 1.46. The van der Waals surface area contributed by atoms with Crippen molar-refractivity contribution in [2.24, 2.45) is 5.92 Å². The molecule has 3 rings (SSSR count). The molecule has 0 bridgehead atoms. The smallest absolute Gasteiger partial charge is 0.279 e. The van der Waals surface area contributed by atoms with Crippen LogP contribution in [0.15, 0.2) is 48.5 Å². The molecule has 1 saturated heterocycles. The number of ether oxygens (including phenoxy) is 1. The second-order valence-corrected chi connectivity index (χ2v) is 7.05. The number of anilines is 1. The Bertz CT molecular complexity index is 815. The van der Waals surface area contributed by atoms with Crippen LogP contribution in [0, 0.1) is 11.7 Å². The van der Waals surface area contributed by atoms with Crippen LogP contribution in [0.5, 0.6) is 5.75 Å². The summed E-state index contributed by atoms with van der Waals surface area (Å²) < 4.78 is 18.6. The third-order valence-electron chi connectivity index (χ3n) is 5.06. The lowest BCUT2D eigenvalue weighted by atomic mass is 9.89. The fourth-order valence-corrected chi connectivity index (χ4v) is 3.59. The molecule has 0 radical (unpaired) electrons. The maximum absolute atomic E-state index is 13.0. The molecule has 0 aliphatic carbocycles. The summed E-state index contributed by atoms with van der Waals surface area (Å²) in [5, 5.41) is 2.92. The number of hydrogen-bond acceptors (Lipinski definition) is 3. The van der Waals surface area contributed by atoms with Crippen LogP contribution >= 0.6 is 0 Å². The van der Waals surface area contributed by atoms with Gasteiger partial charge in [0.05, 0.1) is 25.4 Å². The molecule has 148 valence electrons. The highest BCUT2D eigenvalue weighted by atomic mass is 19.1. The van der Waals surface area contributed by atoms with Crippen molar-refractivity contribution in [2.45, 2.75) is 19.8 Å². The number of hydrogen-bond donors (Lipinski definition) is 2. The molecule has 2 N–H and O–H groups in total. The molecule has 2 aromatic carbocycles. The van der Waals surface area contributed by atoms with Gasteiger partial charge in [0.2, 0.25) is 0 Å². The molecule has 0 spiro atoms. The van der Waals surface area contributed by atoms with E-state index in [9.17, 15) is 14.0 Å². The summed E-state index contributed by atoms with van der Waals surface area (Å²) in [5.74, 6) is 0.264. The topological polar surface area (TPSA) is 59.8 Å². The fourth-order valence-electron chi connectivity index (χ4n) is 3.59. The number of carbonyl (C=O) groups is 2. The second-order valence-electron chi connectivity index (χ2n) is 7.05.